The molecule has 0 aliphatic carbocycles. The van der Waals surface area contributed by atoms with E-state index in [-0.39, 0.29) is 0 Å². The highest BCUT2D eigenvalue weighted by molar-refractivity contribution is 7.91. The highest BCUT2D eigenvalue weighted by Gasteiger charge is 2.23. The summed E-state index contributed by atoms with van der Waals surface area (Å²) >= 11 is 0. The zero-order valence-electron chi connectivity index (χ0n) is 7.71. The summed E-state index contributed by atoms with van der Waals surface area (Å²) in [6.07, 6.45) is 1.56. The van der Waals surface area contributed by atoms with Gasteiger partial charge in [-0.25, -0.2) is 8.42 Å². The van der Waals surface area contributed by atoms with Crippen molar-refractivity contribution in [1.29, 1.82) is 0 Å². The highest BCUT2D eigenvalue weighted by Crippen LogP contribution is 2.12. The molecule has 1 saturated heterocycles. The van der Waals surface area contributed by atoms with E-state index in [1.54, 1.807) is 0 Å². The molecule has 1 fully saturated rings. The van der Waals surface area contributed by atoms with Crippen LogP contribution in [0.15, 0.2) is 0 Å². The SMILES string of the molecule is CC(C)NC1CCS(=O)(=O)CC1. The van der Waals surface area contributed by atoms with Crippen molar-refractivity contribution in [2.24, 2.45) is 0 Å². The molecule has 0 saturated carbocycles. The first-order valence-electron chi connectivity index (χ1n) is 4.46. The van der Waals surface area contributed by atoms with Gasteiger partial charge in [0.05, 0.1) is 11.5 Å². The van der Waals surface area contributed by atoms with E-state index in [0.717, 1.165) is 12.8 Å². The quantitative estimate of drug-likeness (QED) is 0.694. The number of nitrogens with one attached hydrogen (secondary N) is 1. The molecule has 4 heteroatoms. The van der Waals surface area contributed by atoms with Crippen molar-refractivity contribution in [3.05, 3.63) is 0 Å². The van der Waals surface area contributed by atoms with Crippen LogP contribution in [0.25, 0.3) is 0 Å². The van der Waals surface area contributed by atoms with E-state index >= 15 is 0 Å². The Morgan fingerprint density at radius 2 is 1.75 bits per heavy atom. The molecule has 72 valence electrons. The van der Waals surface area contributed by atoms with Crippen molar-refractivity contribution in [3.8, 4) is 0 Å². The van der Waals surface area contributed by atoms with Crippen LogP contribution in [0.1, 0.15) is 26.7 Å². The zero-order chi connectivity index (χ0) is 9.19. The average Bonchev–Trinajstić information content (AvgIpc) is 1.93. The molecule has 0 aromatic rings. The third-order valence-corrected chi connectivity index (χ3v) is 3.84. The summed E-state index contributed by atoms with van der Waals surface area (Å²) in [6.45, 7) is 4.17. The van der Waals surface area contributed by atoms with Gasteiger partial charge in [0.1, 0.15) is 9.84 Å². The van der Waals surface area contributed by atoms with Gasteiger partial charge in [0.15, 0.2) is 0 Å². The molecule has 12 heavy (non-hydrogen) atoms. The van der Waals surface area contributed by atoms with Crippen molar-refractivity contribution in [3.63, 3.8) is 0 Å². The number of hydrogen-bond acceptors (Lipinski definition) is 3. The summed E-state index contributed by atoms with van der Waals surface area (Å²) in [6, 6.07) is 0.865. The molecule has 0 aromatic heterocycles. The minimum Gasteiger partial charge on any atom is -0.312 e. The molecule has 1 N–H and O–H groups in total. The molecule has 1 aliphatic heterocycles. The van der Waals surface area contributed by atoms with E-state index in [9.17, 15) is 8.42 Å². The minimum atomic E-state index is -2.69. The lowest BCUT2D eigenvalue weighted by atomic mass is 10.1. The Labute approximate surface area is 74.5 Å². The van der Waals surface area contributed by atoms with Crippen LogP contribution in [0.4, 0.5) is 0 Å². The van der Waals surface area contributed by atoms with Gasteiger partial charge >= 0.3 is 0 Å². The Kier molecular flexibility index (Phi) is 3.12. The maximum absolute atomic E-state index is 11.1. The lowest BCUT2D eigenvalue weighted by molar-refractivity contribution is 0.428. The van der Waals surface area contributed by atoms with Crippen molar-refractivity contribution in [2.45, 2.75) is 38.8 Å². The molecular weight excluding hydrogens is 174 g/mol. The molecule has 0 unspecified atom stereocenters. The molecule has 0 atom stereocenters. The van der Waals surface area contributed by atoms with Gasteiger partial charge in [-0.1, -0.05) is 13.8 Å². The molecule has 0 radical (unpaired) electrons. The maximum atomic E-state index is 11.1. The predicted molar refractivity (Wildman–Crippen MR) is 49.9 cm³/mol. The third-order valence-electron chi connectivity index (χ3n) is 2.12. The predicted octanol–water partition coefficient (Wildman–Crippen LogP) is 0.562. The smallest absolute Gasteiger partial charge is 0.150 e. The van der Waals surface area contributed by atoms with E-state index in [2.05, 4.69) is 19.2 Å². The Balaban J connectivity index is 2.36. The standard InChI is InChI=1S/C8H17NO2S/c1-7(2)9-8-3-5-12(10,11)6-4-8/h7-9H,3-6H2,1-2H3. The maximum Gasteiger partial charge on any atom is 0.150 e. The summed E-state index contributed by atoms with van der Waals surface area (Å²) in [7, 11) is -2.69. The van der Waals surface area contributed by atoms with E-state index in [1.165, 1.54) is 0 Å². The van der Waals surface area contributed by atoms with Crippen LogP contribution in [-0.4, -0.2) is 32.0 Å². The highest BCUT2D eigenvalue weighted by atomic mass is 32.2. The van der Waals surface area contributed by atoms with Gasteiger partial charge in [-0.05, 0) is 12.8 Å². The molecular formula is C8H17NO2S. The van der Waals surface area contributed by atoms with Crippen LogP contribution in [0, 0.1) is 0 Å². The Morgan fingerprint density at radius 1 is 1.25 bits per heavy atom. The van der Waals surface area contributed by atoms with Gasteiger partial charge in [0.25, 0.3) is 0 Å². The third kappa shape index (κ3) is 3.11. The molecule has 0 spiro atoms. The molecule has 1 aliphatic rings. The molecule has 1 rings (SSSR count). The second kappa shape index (κ2) is 3.75. The lowest BCUT2D eigenvalue weighted by Gasteiger charge is -2.24. The fraction of sp³-hybridized carbons (Fsp3) is 1.00. The van der Waals surface area contributed by atoms with E-state index < -0.39 is 9.84 Å². The van der Waals surface area contributed by atoms with Gasteiger partial charge < -0.3 is 5.32 Å². The van der Waals surface area contributed by atoms with E-state index in [0.29, 0.717) is 23.6 Å². The van der Waals surface area contributed by atoms with Crippen LogP contribution >= 0.6 is 0 Å². The first-order valence-corrected chi connectivity index (χ1v) is 6.28. The molecule has 0 bridgehead atoms. The van der Waals surface area contributed by atoms with Gasteiger partial charge in [-0.15, -0.1) is 0 Å². The summed E-state index contributed by atoms with van der Waals surface area (Å²) in [5, 5.41) is 3.36. The Morgan fingerprint density at radius 3 is 2.17 bits per heavy atom. The summed E-state index contributed by atoms with van der Waals surface area (Å²) < 4.78 is 22.1. The average molecular weight is 191 g/mol. The van der Waals surface area contributed by atoms with Crippen LogP contribution in [0.2, 0.25) is 0 Å². The van der Waals surface area contributed by atoms with Gasteiger partial charge in [0.2, 0.25) is 0 Å². The number of sulfone groups is 1. The number of hydrogen-bond donors (Lipinski definition) is 1. The zero-order valence-corrected chi connectivity index (χ0v) is 8.52. The van der Waals surface area contributed by atoms with Crippen LogP contribution in [0.5, 0.6) is 0 Å². The lowest BCUT2D eigenvalue weighted by Crippen LogP contribution is -2.40. The van der Waals surface area contributed by atoms with Crippen molar-refractivity contribution in [1.82, 2.24) is 5.32 Å². The Hall–Kier alpha value is -0.0900. The van der Waals surface area contributed by atoms with E-state index in [4.69, 9.17) is 0 Å². The summed E-state index contributed by atoms with van der Waals surface area (Å²) in [4.78, 5) is 0. The fourth-order valence-electron chi connectivity index (χ4n) is 1.53. The molecule has 3 nitrogen and oxygen atoms in total. The van der Waals surface area contributed by atoms with E-state index in [1.807, 2.05) is 0 Å². The van der Waals surface area contributed by atoms with Crippen LogP contribution in [0.3, 0.4) is 0 Å². The second-order valence-corrected chi connectivity index (χ2v) is 6.05. The molecule has 0 aromatic carbocycles. The van der Waals surface area contributed by atoms with Gasteiger partial charge in [-0.3, -0.25) is 0 Å². The first-order chi connectivity index (χ1) is 5.49. The summed E-state index contributed by atoms with van der Waals surface area (Å²) in [5.41, 5.74) is 0. The normalized spacial score (nSPS) is 24.6. The monoisotopic (exact) mass is 191 g/mol. The second-order valence-electron chi connectivity index (χ2n) is 3.75. The molecule has 0 amide bonds. The van der Waals surface area contributed by atoms with Crippen molar-refractivity contribution in [2.75, 3.05) is 11.5 Å². The first kappa shape index (κ1) is 9.99. The molecule has 1 heterocycles. The summed E-state index contributed by atoms with van der Waals surface area (Å²) in [5.74, 6) is 0.717. The van der Waals surface area contributed by atoms with Crippen molar-refractivity contribution >= 4 is 9.84 Å². The van der Waals surface area contributed by atoms with Crippen LogP contribution < -0.4 is 5.32 Å². The largest absolute Gasteiger partial charge is 0.312 e. The fourth-order valence-corrected chi connectivity index (χ4v) is 3.02. The van der Waals surface area contributed by atoms with Crippen LogP contribution in [-0.2, 0) is 9.84 Å². The Bertz CT molecular complexity index is 219. The minimum absolute atomic E-state index is 0.359. The van der Waals surface area contributed by atoms with Gasteiger partial charge in [0, 0.05) is 12.1 Å². The van der Waals surface area contributed by atoms with Crippen molar-refractivity contribution < 1.29 is 8.42 Å². The number of rotatable bonds is 2. The van der Waals surface area contributed by atoms with Gasteiger partial charge in [-0.2, -0.15) is 0 Å². The topological polar surface area (TPSA) is 46.2 Å².